The van der Waals surface area contributed by atoms with Gasteiger partial charge in [0.25, 0.3) is 0 Å². The summed E-state index contributed by atoms with van der Waals surface area (Å²) in [5, 5.41) is 3.69. The van der Waals surface area contributed by atoms with Gasteiger partial charge in [-0.05, 0) is 50.0 Å². The summed E-state index contributed by atoms with van der Waals surface area (Å²) < 4.78 is 0. The Hall–Kier alpha value is -0.0400. The fourth-order valence-electron chi connectivity index (χ4n) is 4.58. The second kappa shape index (κ2) is 5.73. The van der Waals surface area contributed by atoms with Crippen LogP contribution in [0.2, 0.25) is 0 Å². The lowest BCUT2D eigenvalue weighted by molar-refractivity contribution is 0.122. The lowest BCUT2D eigenvalue weighted by atomic mass is 9.68. The van der Waals surface area contributed by atoms with Crippen molar-refractivity contribution in [1.29, 1.82) is 0 Å². The van der Waals surface area contributed by atoms with E-state index in [1.807, 2.05) is 0 Å². The van der Waals surface area contributed by atoms with Crippen LogP contribution >= 0.6 is 0 Å². The zero-order valence-electron chi connectivity index (χ0n) is 12.1. The Morgan fingerprint density at radius 3 is 2.18 bits per heavy atom. The van der Waals surface area contributed by atoms with Crippen LogP contribution in [0, 0.1) is 17.3 Å². The minimum atomic E-state index is 0.596. The van der Waals surface area contributed by atoms with E-state index in [4.69, 9.17) is 0 Å². The van der Waals surface area contributed by atoms with E-state index in [9.17, 15) is 0 Å². The molecule has 0 aromatic heterocycles. The quantitative estimate of drug-likeness (QED) is 0.765. The van der Waals surface area contributed by atoms with Gasteiger partial charge >= 0.3 is 0 Å². The van der Waals surface area contributed by atoms with Crippen molar-refractivity contribution in [1.82, 2.24) is 5.32 Å². The molecule has 1 atom stereocenters. The van der Waals surface area contributed by atoms with E-state index in [1.165, 1.54) is 57.8 Å². The summed E-state index contributed by atoms with van der Waals surface area (Å²) >= 11 is 0. The minimum absolute atomic E-state index is 0.596. The third-order valence-corrected chi connectivity index (χ3v) is 5.75. The number of nitrogens with one attached hydrogen (secondary N) is 1. The highest BCUT2D eigenvalue weighted by molar-refractivity contribution is 4.95. The highest BCUT2D eigenvalue weighted by Gasteiger charge is 2.40. The van der Waals surface area contributed by atoms with E-state index in [0.717, 1.165) is 17.9 Å². The lowest BCUT2D eigenvalue weighted by Crippen LogP contribution is -2.46. The molecule has 2 aliphatic rings. The molecule has 2 fully saturated rings. The number of rotatable bonds is 4. The average Bonchev–Trinajstić information content (AvgIpc) is 2.78. The van der Waals surface area contributed by atoms with E-state index in [2.05, 4.69) is 26.2 Å². The van der Waals surface area contributed by atoms with Crippen LogP contribution in [0.5, 0.6) is 0 Å². The summed E-state index contributed by atoms with van der Waals surface area (Å²) in [7, 11) is 2.19. The molecule has 0 amide bonds. The molecule has 0 heterocycles. The summed E-state index contributed by atoms with van der Waals surface area (Å²) in [5.41, 5.74) is 0.596. The standard InChI is InChI=1S/C16H31N/c1-4-13-7-9-14(10-8-13)15(17-3)16(2)11-5-6-12-16/h13-15,17H,4-12H2,1-3H3. The highest BCUT2D eigenvalue weighted by Crippen LogP contribution is 2.46. The van der Waals surface area contributed by atoms with Crippen LogP contribution in [0.25, 0.3) is 0 Å². The fourth-order valence-corrected chi connectivity index (χ4v) is 4.58. The minimum Gasteiger partial charge on any atom is -0.316 e. The van der Waals surface area contributed by atoms with Crippen molar-refractivity contribution >= 4 is 0 Å². The Bertz CT molecular complexity index is 222. The third-order valence-electron chi connectivity index (χ3n) is 5.75. The lowest BCUT2D eigenvalue weighted by Gasteiger charge is -2.42. The van der Waals surface area contributed by atoms with E-state index >= 15 is 0 Å². The Balaban J connectivity index is 1.95. The maximum absolute atomic E-state index is 3.69. The topological polar surface area (TPSA) is 12.0 Å². The van der Waals surface area contributed by atoms with Gasteiger partial charge in [-0.15, -0.1) is 0 Å². The van der Waals surface area contributed by atoms with Crippen LogP contribution in [-0.4, -0.2) is 13.1 Å². The zero-order valence-corrected chi connectivity index (χ0v) is 12.1. The molecular weight excluding hydrogens is 206 g/mol. The van der Waals surface area contributed by atoms with Crippen molar-refractivity contribution in [3.8, 4) is 0 Å². The predicted molar refractivity (Wildman–Crippen MR) is 75.2 cm³/mol. The highest BCUT2D eigenvalue weighted by atomic mass is 14.9. The van der Waals surface area contributed by atoms with Gasteiger partial charge in [-0.3, -0.25) is 0 Å². The smallest absolute Gasteiger partial charge is 0.0146 e. The van der Waals surface area contributed by atoms with Gasteiger partial charge in [-0.1, -0.05) is 46.0 Å². The van der Waals surface area contributed by atoms with Gasteiger partial charge in [-0.25, -0.2) is 0 Å². The maximum atomic E-state index is 3.69. The molecule has 0 aliphatic heterocycles. The molecule has 0 aromatic carbocycles. The molecule has 2 aliphatic carbocycles. The van der Waals surface area contributed by atoms with Gasteiger partial charge in [0.05, 0.1) is 0 Å². The molecular formula is C16H31N. The second-order valence-corrected chi connectivity index (χ2v) is 6.82. The van der Waals surface area contributed by atoms with Crippen LogP contribution in [0.1, 0.15) is 71.6 Å². The predicted octanol–water partition coefficient (Wildman–Crippen LogP) is 4.37. The molecule has 1 nitrogen and oxygen atoms in total. The molecule has 1 unspecified atom stereocenters. The van der Waals surface area contributed by atoms with Gasteiger partial charge in [0.2, 0.25) is 0 Å². The molecule has 0 spiro atoms. The van der Waals surface area contributed by atoms with Crippen LogP contribution in [-0.2, 0) is 0 Å². The van der Waals surface area contributed by atoms with Gasteiger partial charge in [0.1, 0.15) is 0 Å². The molecule has 0 saturated heterocycles. The Morgan fingerprint density at radius 2 is 1.71 bits per heavy atom. The molecule has 0 bridgehead atoms. The van der Waals surface area contributed by atoms with Gasteiger partial charge in [-0.2, -0.15) is 0 Å². The third kappa shape index (κ3) is 2.86. The molecule has 0 radical (unpaired) electrons. The summed E-state index contributed by atoms with van der Waals surface area (Å²) in [6.45, 7) is 4.89. The fraction of sp³-hybridized carbons (Fsp3) is 1.00. The van der Waals surface area contributed by atoms with Crippen LogP contribution < -0.4 is 5.32 Å². The molecule has 1 N–H and O–H groups in total. The van der Waals surface area contributed by atoms with Crippen molar-refractivity contribution in [2.24, 2.45) is 17.3 Å². The molecule has 2 rings (SSSR count). The summed E-state index contributed by atoms with van der Waals surface area (Å²) in [6.07, 6.45) is 13.1. The van der Waals surface area contributed by atoms with Gasteiger partial charge in [0.15, 0.2) is 0 Å². The van der Waals surface area contributed by atoms with Gasteiger partial charge < -0.3 is 5.32 Å². The first-order valence-corrected chi connectivity index (χ1v) is 7.87. The van der Waals surface area contributed by atoms with Crippen molar-refractivity contribution in [3.05, 3.63) is 0 Å². The first-order chi connectivity index (χ1) is 8.19. The Morgan fingerprint density at radius 1 is 1.12 bits per heavy atom. The van der Waals surface area contributed by atoms with E-state index in [1.54, 1.807) is 0 Å². The summed E-state index contributed by atoms with van der Waals surface area (Å²) in [5.74, 6) is 1.98. The summed E-state index contributed by atoms with van der Waals surface area (Å²) in [4.78, 5) is 0. The van der Waals surface area contributed by atoms with Crippen LogP contribution in [0.4, 0.5) is 0 Å². The molecule has 2 saturated carbocycles. The van der Waals surface area contributed by atoms with Gasteiger partial charge in [0, 0.05) is 6.04 Å². The normalized spacial score (nSPS) is 34.8. The molecule has 0 aromatic rings. The first-order valence-electron chi connectivity index (χ1n) is 7.87. The van der Waals surface area contributed by atoms with Crippen LogP contribution in [0.15, 0.2) is 0 Å². The maximum Gasteiger partial charge on any atom is 0.0146 e. The molecule has 1 heteroatoms. The second-order valence-electron chi connectivity index (χ2n) is 6.82. The largest absolute Gasteiger partial charge is 0.316 e. The SMILES string of the molecule is CCC1CCC(C(NC)C2(C)CCCC2)CC1. The number of hydrogen-bond donors (Lipinski definition) is 1. The van der Waals surface area contributed by atoms with Crippen molar-refractivity contribution in [2.45, 2.75) is 77.7 Å². The Labute approximate surface area is 108 Å². The van der Waals surface area contributed by atoms with E-state index in [-0.39, 0.29) is 0 Å². The molecule has 100 valence electrons. The van der Waals surface area contributed by atoms with Crippen molar-refractivity contribution in [3.63, 3.8) is 0 Å². The van der Waals surface area contributed by atoms with E-state index < -0.39 is 0 Å². The average molecular weight is 237 g/mol. The zero-order chi connectivity index (χ0) is 12.3. The van der Waals surface area contributed by atoms with Crippen LogP contribution in [0.3, 0.4) is 0 Å². The Kier molecular flexibility index (Phi) is 4.52. The molecule has 17 heavy (non-hydrogen) atoms. The van der Waals surface area contributed by atoms with Crippen molar-refractivity contribution in [2.75, 3.05) is 7.05 Å². The first kappa shape index (κ1) is 13.4. The monoisotopic (exact) mass is 237 g/mol. The van der Waals surface area contributed by atoms with E-state index in [0.29, 0.717) is 5.41 Å². The summed E-state index contributed by atoms with van der Waals surface area (Å²) in [6, 6.07) is 0.780. The number of hydrogen-bond acceptors (Lipinski definition) is 1. The van der Waals surface area contributed by atoms with Crippen molar-refractivity contribution < 1.29 is 0 Å².